The van der Waals surface area contributed by atoms with Gasteiger partial charge in [-0.2, -0.15) is 0 Å². The van der Waals surface area contributed by atoms with Gasteiger partial charge in [0.1, 0.15) is 0 Å². The van der Waals surface area contributed by atoms with Crippen LogP contribution in [0.1, 0.15) is 17.5 Å². The highest BCUT2D eigenvalue weighted by molar-refractivity contribution is 6.35. The fourth-order valence-corrected chi connectivity index (χ4v) is 3.41. The van der Waals surface area contributed by atoms with Gasteiger partial charge in [0.05, 0.1) is 5.92 Å². The van der Waals surface area contributed by atoms with Gasteiger partial charge in [-0.05, 0) is 30.7 Å². The van der Waals surface area contributed by atoms with E-state index in [0.717, 1.165) is 5.56 Å². The Balaban J connectivity index is 1.63. The van der Waals surface area contributed by atoms with Gasteiger partial charge >= 0.3 is 0 Å². The normalized spacial score (nSPS) is 17.0. The molecule has 0 spiro atoms. The van der Waals surface area contributed by atoms with Crippen LogP contribution in [-0.4, -0.2) is 23.3 Å². The van der Waals surface area contributed by atoms with Crippen molar-refractivity contribution in [3.8, 4) is 0 Å². The van der Waals surface area contributed by atoms with Crippen LogP contribution in [0.3, 0.4) is 0 Å². The summed E-state index contributed by atoms with van der Waals surface area (Å²) in [7, 11) is 0. The zero-order valence-electron chi connectivity index (χ0n) is 13.8. The van der Waals surface area contributed by atoms with Crippen LogP contribution in [0.15, 0.2) is 42.5 Å². The van der Waals surface area contributed by atoms with Gasteiger partial charge in [0.25, 0.3) is 0 Å². The minimum absolute atomic E-state index is 0.00940. The molecule has 0 saturated carbocycles. The fraction of sp³-hybridized carbons (Fsp3) is 0.263. The average molecular weight is 377 g/mol. The monoisotopic (exact) mass is 376 g/mol. The van der Waals surface area contributed by atoms with E-state index in [-0.39, 0.29) is 24.2 Å². The summed E-state index contributed by atoms with van der Waals surface area (Å²) in [6.45, 7) is 2.95. The van der Waals surface area contributed by atoms with Gasteiger partial charge in [0.2, 0.25) is 11.8 Å². The highest BCUT2D eigenvalue weighted by Gasteiger charge is 2.34. The van der Waals surface area contributed by atoms with E-state index in [1.807, 2.05) is 31.2 Å². The summed E-state index contributed by atoms with van der Waals surface area (Å²) in [6.07, 6.45) is 0.214. The van der Waals surface area contributed by atoms with Crippen molar-refractivity contribution in [2.24, 2.45) is 5.92 Å². The number of nitrogens with one attached hydrogen (secondary N) is 1. The summed E-state index contributed by atoms with van der Waals surface area (Å²) in [6, 6.07) is 12.9. The first-order valence-electron chi connectivity index (χ1n) is 8.01. The lowest BCUT2D eigenvalue weighted by atomic mass is 10.1. The molecule has 1 atom stereocenters. The van der Waals surface area contributed by atoms with E-state index in [4.69, 9.17) is 23.2 Å². The molecule has 2 amide bonds. The summed E-state index contributed by atoms with van der Waals surface area (Å²) >= 11 is 11.9. The van der Waals surface area contributed by atoms with E-state index >= 15 is 0 Å². The van der Waals surface area contributed by atoms with Crippen molar-refractivity contribution in [1.29, 1.82) is 0 Å². The summed E-state index contributed by atoms with van der Waals surface area (Å²) < 4.78 is 0. The van der Waals surface area contributed by atoms with E-state index in [0.29, 0.717) is 28.8 Å². The van der Waals surface area contributed by atoms with Gasteiger partial charge in [0.15, 0.2) is 0 Å². The third kappa shape index (κ3) is 4.53. The number of aryl methyl sites for hydroxylation is 1. The Hall–Kier alpha value is -2.04. The van der Waals surface area contributed by atoms with E-state index < -0.39 is 0 Å². The molecule has 0 aromatic heterocycles. The summed E-state index contributed by atoms with van der Waals surface area (Å²) in [5, 5.41) is 3.69. The molecule has 1 saturated heterocycles. The SMILES string of the molecule is Cc1ccc(CN2CC(C(=O)Nc3cc(Cl)cc(Cl)c3)CC2=O)cc1. The van der Waals surface area contributed by atoms with Gasteiger partial charge in [0, 0.05) is 35.2 Å². The van der Waals surface area contributed by atoms with Crippen LogP contribution < -0.4 is 5.32 Å². The second-order valence-corrected chi connectivity index (χ2v) is 7.18. The Morgan fingerprint density at radius 2 is 1.80 bits per heavy atom. The Kier molecular flexibility index (Phi) is 5.30. The quantitative estimate of drug-likeness (QED) is 0.864. The molecule has 2 aromatic rings. The maximum Gasteiger partial charge on any atom is 0.229 e. The second-order valence-electron chi connectivity index (χ2n) is 6.31. The third-order valence-electron chi connectivity index (χ3n) is 4.21. The standard InChI is InChI=1S/C19H18Cl2N2O2/c1-12-2-4-13(5-3-12)10-23-11-14(6-18(23)24)19(25)22-17-8-15(20)7-16(21)9-17/h2-5,7-9,14H,6,10-11H2,1H3,(H,22,25). The number of hydrogen-bond acceptors (Lipinski definition) is 2. The fourth-order valence-electron chi connectivity index (χ4n) is 2.88. The van der Waals surface area contributed by atoms with Crippen molar-refractivity contribution in [2.75, 3.05) is 11.9 Å². The lowest BCUT2D eigenvalue weighted by molar-refractivity contribution is -0.128. The molecule has 130 valence electrons. The predicted molar refractivity (Wildman–Crippen MR) is 99.8 cm³/mol. The molecule has 1 aliphatic heterocycles. The van der Waals surface area contributed by atoms with Gasteiger partial charge in [-0.25, -0.2) is 0 Å². The van der Waals surface area contributed by atoms with Crippen molar-refractivity contribution in [2.45, 2.75) is 19.9 Å². The molecule has 0 aliphatic carbocycles. The lowest BCUT2D eigenvalue weighted by Gasteiger charge is -2.17. The first kappa shape index (κ1) is 17.8. The van der Waals surface area contributed by atoms with Gasteiger partial charge < -0.3 is 10.2 Å². The molecule has 1 unspecified atom stereocenters. The van der Waals surface area contributed by atoms with Crippen LogP contribution in [-0.2, 0) is 16.1 Å². The molecule has 4 nitrogen and oxygen atoms in total. The molecule has 0 radical (unpaired) electrons. The van der Waals surface area contributed by atoms with Crippen molar-refractivity contribution in [3.63, 3.8) is 0 Å². The van der Waals surface area contributed by atoms with Crippen molar-refractivity contribution < 1.29 is 9.59 Å². The zero-order valence-corrected chi connectivity index (χ0v) is 15.3. The first-order valence-corrected chi connectivity index (χ1v) is 8.76. The van der Waals surface area contributed by atoms with Gasteiger partial charge in [-0.15, -0.1) is 0 Å². The second kappa shape index (κ2) is 7.46. The number of hydrogen-bond donors (Lipinski definition) is 1. The minimum atomic E-state index is -0.379. The number of carbonyl (C=O) groups is 2. The number of nitrogens with zero attached hydrogens (tertiary/aromatic N) is 1. The molecule has 1 N–H and O–H groups in total. The van der Waals surface area contributed by atoms with Gasteiger partial charge in [-0.1, -0.05) is 53.0 Å². The van der Waals surface area contributed by atoms with Crippen LogP contribution in [0.2, 0.25) is 10.0 Å². The van der Waals surface area contributed by atoms with E-state index in [9.17, 15) is 9.59 Å². The lowest BCUT2D eigenvalue weighted by Crippen LogP contribution is -2.28. The molecule has 6 heteroatoms. The molecular weight excluding hydrogens is 359 g/mol. The molecular formula is C19H18Cl2N2O2. The number of likely N-dealkylation sites (tertiary alicyclic amines) is 1. The molecule has 3 rings (SSSR count). The number of carbonyl (C=O) groups excluding carboxylic acids is 2. The topological polar surface area (TPSA) is 49.4 Å². The number of halogens is 2. The number of rotatable bonds is 4. The summed E-state index contributed by atoms with van der Waals surface area (Å²) in [4.78, 5) is 26.4. The maximum absolute atomic E-state index is 12.4. The Labute approximate surface area is 156 Å². The highest BCUT2D eigenvalue weighted by atomic mass is 35.5. The maximum atomic E-state index is 12.4. The summed E-state index contributed by atoms with van der Waals surface area (Å²) in [5.74, 6) is -0.585. The van der Waals surface area contributed by atoms with Crippen LogP contribution in [0.4, 0.5) is 5.69 Å². The van der Waals surface area contributed by atoms with Crippen molar-refractivity contribution in [3.05, 3.63) is 63.6 Å². The minimum Gasteiger partial charge on any atom is -0.338 e. The number of benzene rings is 2. The van der Waals surface area contributed by atoms with Crippen LogP contribution in [0.25, 0.3) is 0 Å². The Bertz CT molecular complexity index is 785. The molecule has 25 heavy (non-hydrogen) atoms. The van der Waals surface area contributed by atoms with Crippen molar-refractivity contribution in [1.82, 2.24) is 4.90 Å². The first-order chi connectivity index (χ1) is 11.9. The Morgan fingerprint density at radius 3 is 2.44 bits per heavy atom. The molecule has 1 fully saturated rings. The van der Waals surface area contributed by atoms with Crippen LogP contribution in [0, 0.1) is 12.8 Å². The third-order valence-corrected chi connectivity index (χ3v) is 4.65. The molecule has 1 aliphatic rings. The van der Waals surface area contributed by atoms with Crippen molar-refractivity contribution >= 4 is 40.7 Å². The smallest absolute Gasteiger partial charge is 0.229 e. The van der Waals surface area contributed by atoms with E-state index in [1.54, 1.807) is 23.1 Å². The van der Waals surface area contributed by atoms with Crippen LogP contribution >= 0.6 is 23.2 Å². The largest absolute Gasteiger partial charge is 0.338 e. The highest BCUT2D eigenvalue weighted by Crippen LogP contribution is 2.25. The Morgan fingerprint density at radius 1 is 1.16 bits per heavy atom. The summed E-state index contributed by atoms with van der Waals surface area (Å²) in [5.41, 5.74) is 2.77. The average Bonchev–Trinajstić information content (AvgIpc) is 2.90. The zero-order chi connectivity index (χ0) is 18.0. The predicted octanol–water partition coefficient (Wildman–Crippen LogP) is 4.29. The molecule has 0 bridgehead atoms. The number of amides is 2. The van der Waals surface area contributed by atoms with E-state index in [1.165, 1.54) is 5.56 Å². The van der Waals surface area contributed by atoms with E-state index in [2.05, 4.69) is 5.32 Å². The van der Waals surface area contributed by atoms with Crippen LogP contribution in [0.5, 0.6) is 0 Å². The molecule has 1 heterocycles. The molecule has 2 aromatic carbocycles. The van der Waals surface area contributed by atoms with Gasteiger partial charge in [-0.3, -0.25) is 9.59 Å². The number of anilines is 1.